The summed E-state index contributed by atoms with van der Waals surface area (Å²) in [6.07, 6.45) is 0. The van der Waals surface area contributed by atoms with E-state index < -0.39 is 11.6 Å². The predicted molar refractivity (Wildman–Crippen MR) is 90.5 cm³/mol. The van der Waals surface area contributed by atoms with E-state index in [-0.39, 0.29) is 18.0 Å². The van der Waals surface area contributed by atoms with E-state index in [0.717, 1.165) is 5.56 Å². The van der Waals surface area contributed by atoms with Crippen LogP contribution in [0.1, 0.15) is 35.3 Å². The van der Waals surface area contributed by atoms with Gasteiger partial charge in [0.1, 0.15) is 5.75 Å². The Balaban J connectivity index is 2.04. The number of benzene rings is 2. The second-order valence-corrected chi connectivity index (χ2v) is 6.30. The topological polar surface area (TPSA) is 90.6 Å². The zero-order valence-corrected chi connectivity index (χ0v) is 13.8. The maximum absolute atomic E-state index is 12.8. The van der Waals surface area contributed by atoms with Crippen molar-refractivity contribution in [3.05, 3.63) is 59.2 Å². The van der Waals surface area contributed by atoms with E-state index >= 15 is 0 Å². The Hall–Kier alpha value is -3.33. The number of ether oxygens (including phenoxy) is 1. The molecule has 0 aromatic heterocycles. The molecule has 0 unspecified atom stereocenters. The van der Waals surface area contributed by atoms with Gasteiger partial charge in [-0.05, 0) is 49.7 Å². The molecule has 1 heterocycles. The summed E-state index contributed by atoms with van der Waals surface area (Å²) in [5.74, 6) is -0.867. The first-order valence-corrected chi connectivity index (χ1v) is 7.69. The zero-order valence-electron chi connectivity index (χ0n) is 13.8. The number of fused-ring (bicyclic) bond motifs is 1. The molecule has 2 aromatic carbocycles. The van der Waals surface area contributed by atoms with Crippen LogP contribution in [0.4, 0.5) is 5.69 Å². The van der Waals surface area contributed by atoms with Gasteiger partial charge in [0.15, 0.2) is 5.60 Å². The fourth-order valence-corrected chi connectivity index (χ4v) is 2.72. The molecular weight excluding hydrogens is 320 g/mol. The lowest BCUT2D eigenvalue weighted by molar-refractivity contribution is -0.132. The second-order valence-electron chi connectivity index (χ2n) is 6.30. The van der Waals surface area contributed by atoms with Gasteiger partial charge in [-0.1, -0.05) is 12.1 Å². The minimum Gasteiger partial charge on any atom is -0.478 e. The van der Waals surface area contributed by atoms with Gasteiger partial charge in [-0.3, -0.25) is 4.79 Å². The van der Waals surface area contributed by atoms with Crippen LogP contribution in [0.25, 0.3) is 0 Å². The van der Waals surface area contributed by atoms with Crippen molar-refractivity contribution in [2.45, 2.75) is 26.0 Å². The maximum Gasteiger partial charge on any atom is 0.335 e. The number of carboxylic acids is 1. The molecular formula is C19H16N2O4. The first kappa shape index (κ1) is 16.5. The van der Waals surface area contributed by atoms with Crippen LogP contribution in [0.3, 0.4) is 0 Å². The standard InChI is InChI=1S/C19H16N2O4/c1-19(2)18(24)21(11-13-5-3-12(10-20)4-6-13)15-9-14(17(22)23)7-8-16(15)25-19/h3-9H,11H2,1-2H3,(H,22,23). The normalized spacial score (nSPS) is 15.1. The number of nitriles is 1. The Kier molecular flexibility index (Phi) is 3.93. The molecule has 3 rings (SSSR count). The van der Waals surface area contributed by atoms with Crippen molar-refractivity contribution in [2.75, 3.05) is 4.90 Å². The number of hydrogen-bond acceptors (Lipinski definition) is 4. The van der Waals surface area contributed by atoms with Crippen molar-refractivity contribution in [1.29, 1.82) is 5.26 Å². The average molecular weight is 336 g/mol. The first-order valence-electron chi connectivity index (χ1n) is 7.69. The largest absolute Gasteiger partial charge is 0.478 e. The Morgan fingerprint density at radius 1 is 1.24 bits per heavy atom. The highest BCUT2D eigenvalue weighted by Gasteiger charge is 2.41. The molecule has 25 heavy (non-hydrogen) atoms. The number of amides is 1. The number of carboxylic acid groups (broad SMARTS) is 1. The number of carbonyl (C=O) groups is 2. The molecule has 0 fully saturated rings. The van der Waals surface area contributed by atoms with Crippen LogP contribution in [0, 0.1) is 11.3 Å². The molecule has 6 heteroatoms. The number of aromatic carboxylic acids is 1. The fraction of sp³-hybridized carbons (Fsp3) is 0.211. The molecule has 0 aliphatic carbocycles. The summed E-state index contributed by atoms with van der Waals surface area (Å²) in [4.78, 5) is 25.6. The number of hydrogen-bond donors (Lipinski definition) is 1. The monoisotopic (exact) mass is 336 g/mol. The molecule has 2 aromatic rings. The Labute approximate surface area is 144 Å². The highest BCUT2D eigenvalue weighted by molar-refractivity contribution is 6.03. The van der Waals surface area contributed by atoms with Gasteiger partial charge in [0.25, 0.3) is 5.91 Å². The van der Waals surface area contributed by atoms with Gasteiger partial charge in [0.05, 0.1) is 29.4 Å². The summed E-state index contributed by atoms with van der Waals surface area (Å²) in [6.45, 7) is 3.61. The lowest BCUT2D eigenvalue weighted by Crippen LogP contribution is -2.52. The molecule has 0 radical (unpaired) electrons. The summed E-state index contributed by atoms with van der Waals surface area (Å²) < 4.78 is 5.74. The molecule has 0 spiro atoms. The first-order chi connectivity index (χ1) is 11.8. The van der Waals surface area contributed by atoms with E-state index in [1.54, 1.807) is 44.2 Å². The number of carbonyl (C=O) groups excluding carboxylic acids is 1. The number of rotatable bonds is 3. The van der Waals surface area contributed by atoms with Crippen molar-refractivity contribution in [3.8, 4) is 11.8 Å². The molecule has 1 aliphatic rings. The molecule has 126 valence electrons. The Morgan fingerprint density at radius 2 is 1.92 bits per heavy atom. The van der Waals surface area contributed by atoms with Gasteiger partial charge in [-0.2, -0.15) is 5.26 Å². The molecule has 0 saturated carbocycles. The van der Waals surface area contributed by atoms with E-state index in [0.29, 0.717) is 17.0 Å². The van der Waals surface area contributed by atoms with Crippen LogP contribution in [-0.4, -0.2) is 22.6 Å². The SMILES string of the molecule is CC1(C)Oc2ccc(C(=O)O)cc2N(Cc2ccc(C#N)cc2)C1=O. The summed E-state index contributed by atoms with van der Waals surface area (Å²) in [6, 6.07) is 13.4. The lowest BCUT2D eigenvalue weighted by atomic mass is 10.0. The molecule has 1 N–H and O–H groups in total. The molecule has 1 aliphatic heterocycles. The third-order valence-electron chi connectivity index (χ3n) is 4.05. The Morgan fingerprint density at radius 3 is 2.52 bits per heavy atom. The summed E-state index contributed by atoms with van der Waals surface area (Å²) in [5.41, 5.74) is 0.820. The predicted octanol–water partition coefficient (Wildman–Crippen LogP) is 2.96. The van der Waals surface area contributed by atoms with E-state index in [9.17, 15) is 14.7 Å². The van der Waals surface area contributed by atoms with Gasteiger partial charge >= 0.3 is 5.97 Å². The minimum atomic E-state index is -1.07. The van der Waals surface area contributed by atoms with Gasteiger partial charge in [0, 0.05) is 0 Å². The van der Waals surface area contributed by atoms with E-state index in [2.05, 4.69) is 0 Å². The van der Waals surface area contributed by atoms with E-state index in [4.69, 9.17) is 10.00 Å². The van der Waals surface area contributed by atoms with Crippen molar-refractivity contribution < 1.29 is 19.4 Å². The van der Waals surface area contributed by atoms with Crippen LogP contribution in [-0.2, 0) is 11.3 Å². The molecule has 0 atom stereocenters. The van der Waals surface area contributed by atoms with Gasteiger partial charge in [0.2, 0.25) is 0 Å². The fourth-order valence-electron chi connectivity index (χ4n) is 2.72. The summed E-state index contributed by atoms with van der Waals surface area (Å²) in [5, 5.41) is 18.1. The van der Waals surface area contributed by atoms with Crippen LogP contribution in [0.15, 0.2) is 42.5 Å². The smallest absolute Gasteiger partial charge is 0.335 e. The molecule has 0 saturated heterocycles. The van der Waals surface area contributed by atoms with Crippen molar-refractivity contribution in [2.24, 2.45) is 0 Å². The third-order valence-corrected chi connectivity index (χ3v) is 4.05. The molecule has 0 bridgehead atoms. The summed E-state index contributed by atoms with van der Waals surface area (Å²) >= 11 is 0. The third kappa shape index (κ3) is 3.04. The average Bonchev–Trinajstić information content (AvgIpc) is 2.59. The van der Waals surface area contributed by atoms with Gasteiger partial charge in [-0.25, -0.2) is 4.79 Å². The maximum atomic E-state index is 12.8. The molecule has 6 nitrogen and oxygen atoms in total. The quantitative estimate of drug-likeness (QED) is 0.930. The molecule has 1 amide bonds. The van der Waals surface area contributed by atoms with E-state index in [1.807, 2.05) is 6.07 Å². The number of nitrogens with zero attached hydrogens (tertiary/aromatic N) is 2. The Bertz CT molecular complexity index is 895. The highest BCUT2D eigenvalue weighted by atomic mass is 16.5. The van der Waals surface area contributed by atoms with Gasteiger partial charge < -0.3 is 14.7 Å². The minimum absolute atomic E-state index is 0.0830. The highest BCUT2D eigenvalue weighted by Crippen LogP contribution is 2.39. The zero-order chi connectivity index (χ0) is 18.2. The van der Waals surface area contributed by atoms with Crippen molar-refractivity contribution in [1.82, 2.24) is 0 Å². The second kappa shape index (κ2) is 5.95. The van der Waals surface area contributed by atoms with Crippen LogP contribution < -0.4 is 9.64 Å². The van der Waals surface area contributed by atoms with Crippen LogP contribution >= 0.6 is 0 Å². The van der Waals surface area contributed by atoms with E-state index in [1.165, 1.54) is 17.0 Å². The lowest BCUT2D eigenvalue weighted by Gasteiger charge is -2.39. The summed E-state index contributed by atoms with van der Waals surface area (Å²) in [7, 11) is 0. The van der Waals surface area contributed by atoms with Crippen molar-refractivity contribution >= 4 is 17.6 Å². The van der Waals surface area contributed by atoms with Crippen LogP contribution in [0.5, 0.6) is 5.75 Å². The number of anilines is 1. The van der Waals surface area contributed by atoms with Crippen LogP contribution in [0.2, 0.25) is 0 Å². The van der Waals surface area contributed by atoms with Crippen molar-refractivity contribution in [3.63, 3.8) is 0 Å². The van der Waals surface area contributed by atoms with Gasteiger partial charge in [-0.15, -0.1) is 0 Å².